The van der Waals surface area contributed by atoms with Crippen molar-refractivity contribution in [2.24, 2.45) is 39.7 Å². The summed E-state index contributed by atoms with van der Waals surface area (Å²) in [4.78, 5) is 11.0. The van der Waals surface area contributed by atoms with E-state index in [0.717, 1.165) is 36.7 Å². The Balaban J connectivity index is 1.36. The summed E-state index contributed by atoms with van der Waals surface area (Å²) in [5, 5.41) is 3.33. The minimum Gasteiger partial charge on any atom is -0.366 e. The molecule has 0 amide bonds. The quantitative estimate of drug-likeness (QED) is 0.467. The van der Waals surface area contributed by atoms with Crippen molar-refractivity contribution < 1.29 is 4.74 Å². The maximum atomic E-state index is 11.0. The van der Waals surface area contributed by atoms with E-state index in [2.05, 4.69) is 30.3 Å². The second-order valence-corrected chi connectivity index (χ2v) is 10.5. The number of allylic oxidation sites excluding steroid dienone is 1. The molecule has 5 aliphatic carbocycles. The van der Waals surface area contributed by atoms with Gasteiger partial charge in [-0.3, -0.25) is 0 Å². The van der Waals surface area contributed by atoms with Crippen molar-refractivity contribution in [2.45, 2.75) is 76.4 Å². The van der Waals surface area contributed by atoms with Gasteiger partial charge in [-0.05, 0) is 81.5 Å². The van der Waals surface area contributed by atoms with E-state index in [1.165, 1.54) is 51.4 Å². The number of nitroso groups, excluding NO2 is 1. The predicted molar refractivity (Wildman–Crippen MR) is 102 cm³/mol. The van der Waals surface area contributed by atoms with E-state index < -0.39 is 0 Å². The normalized spacial score (nSPS) is 53.1. The molecule has 1 heterocycles. The number of rotatable bonds is 1. The summed E-state index contributed by atoms with van der Waals surface area (Å²) in [6.07, 6.45) is 18.6. The molecule has 0 aromatic rings. The van der Waals surface area contributed by atoms with Crippen LogP contribution in [0.3, 0.4) is 0 Å². The fraction of sp³-hybridized carbons (Fsp3) is 0.826. The van der Waals surface area contributed by atoms with Crippen LogP contribution in [0.1, 0.15) is 64.7 Å². The van der Waals surface area contributed by atoms with Crippen LogP contribution in [0.2, 0.25) is 0 Å². The van der Waals surface area contributed by atoms with Crippen LogP contribution >= 0.6 is 0 Å². The Hall–Kier alpha value is -0.960. The third kappa shape index (κ3) is 1.75. The van der Waals surface area contributed by atoms with Crippen LogP contribution in [0.25, 0.3) is 0 Å². The van der Waals surface area contributed by atoms with Gasteiger partial charge in [0.05, 0.1) is 12.2 Å². The van der Waals surface area contributed by atoms with Gasteiger partial charge in [-0.25, -0.2) is 0 Å². The molecule has 3 heteroatoms. The average molecular weight is 354 g/mol. The highest BCUT2D eigenvalue weighted by atomic mass is 16.5. The molecule has 1 aliphatic heterocycles. The Labute approximate surface area is 156 Å². The third-order valence-electron chi connectivity index (χ3n) is 9.82. The molecular formula is C23H31NO2. The van der Waals surface area contributed by atoms with Crippen molar-refractivity contribution in [3.05, 3.63) is 28.7 Å². The molecule has 4 fully saturated rings. The Morgan fingerprint density at radius 1 is 1.12 bits per heavy atom. The number of fused-ring (bicyclic) bond motifs is 7. The zero-order chi connectivity index (χ0) is 17.6. The minimum absolute atomic E-state index is 0.0465. The molecule has 6 aliphatic rings. The Morgan fingerprint density at radius 3 is 2.73 bits per heavy atom. The summed E-state index contributed by atoms with van der Waals surface area (Å²) in [7, 11) is 0. The SMILES string of the molecule is C[C@]12CCC3C4CCC(N=O)C=C4CCC3C1CC1(CC1)[C@@]21C=CCO1. The van der Waals surface area contributed by atoms with Gasteiger partial charge in [0, 0.05) is 10.8 Å². The van der Waals surface area contributed by atoms with Crippen LogP contribution in [0.15, 0.2) is 29.0 Å². The molecule has 0 aromatic heterocycles. The number of ether oxygens (including phenoxy) is 1. The van der Waals surface area contributed by atoms with Gasteiger partial charge >= 0.3 is 0 Å². The lowest BCUT2D eigenvalue weighted by Gasteiger charge is -2.56. The van der Waals surface area contributed by atoms with Crippen molar-refractivity contribution in [2.75, 3.05) is 6.61 Å². The highest BCUT2D eigenvalue weighted by Crippen LogP contribution is 2.78. The molecular weight excluding hydrogens is 322 g/mol. The maximum Gasteiger partial charge on any atom is 0.110 e. The van der Waals surface area contributed by atoms with Gasteiger partial charge in [0.2, 0.25) is 0 Å². The van der Waals surface area contributed by atoms with Gasteiger partial charge in [0.1, 0.15) is 6.04 Å². The largest absolute Gasteiger partial charge is 0.366 e. The third-order valence-corrected chi connectivity index (χ3v) is 9.82. The molecule has 140 valence electrons. The van der Waals surface area contributed by atoms with E-state index in [-0.39, 0.29) is 11.6 Å². The lowest BCUT2D eigenvalue weighted by molar-refractivity contribution is -0.128. The summed E-state index contributed by atoms with van der Waals surface area (Å²) >= 11 is 0. The first kappa shape index (κ1) is 16.0. The molecule has 2 spiro atoms. The molecule has 3 nitrogen and oxygen atoms in total. The van der Waals surface area contributed by atoms with Crippen molar-refractivity contribution in [1.29, 1.82) is 0 Å². The molecule has 0 radical (unpaired) electrons. The van der Waals surface area contributed by atoms with Gasteiger partial charge in [-0.15, -0.1) is 0 Å². The Morgan fingerprint density at radius 2 is 2.00 bits per heavy atom. The average Bonchev–Trinajstić information content (AvgIpc) is 3.20. The molecule has 5 unspecified atom stereocenters. The predicted octanol–water partition coefficient (Wildman–Crippen LogP) is 5.41. The molecule has 0 bridgehead atoms. The second-order valence-electron chi connectivity index (χ2n) is 10.5. The van der Waals surface area contributed by atoms with E-state index in [4.69, 9.17) is 4.74 Å². The number of nitrogens with zero attached hydrogens (tertiary/aromatic N) is 1. The van der Waals surface area contributed by atoms with Gasteiger partial charge in [0.15, 0.2) is 0 Å². The van der Waals surface area contributed by atoms with Crippen LogP contribution in [0.5, 0.6) is 0 Å². The smallest absolute Gasteiger partial charge is 0.110 e. The van der Waals surface area contributed by atoms with E-state index in [1.807, 2.05) is 0 Å². The van der Waals surface area contributed by atoms with Gasteiger partial charge in [-0.1, -0.05) is 35.9 Å². The molecule has 6 rings (SSSR count). The molecule has 26 heavy (non-hydrogen) atoms. The van der Waals surface area contributed by atoms with E-state index >= 15 is 0 Å². The summed E-state index contributed by atoms with van der Waals surface area (Å²) in [5.41, 5.74) is 2.42. The molecule has 0 aromatic carbocycles. The van der Waals surface area contributed by atoms with Crippen LogP contribution in [0.4, 0.5) is 0 Å². The minimum atomic E-state index is -0.0480. The van der Waals surface area contributed by atoms with Crippen molar-refractivity contribution >= 4 is 0 Å². The first-order chi connectivity index (χ1) is 12.6. The van der Waals surface area contributed by atoms with Crippen LogP contribution in [-0.2, 0) is 4.74 Å². The fourth-order valence-corrected chi connectivity index (χ4v) is 8.59. The standard InChI is InChI=1S/C23H31NO2/c1-21-9-7-18-17-6-4-16(24-25)13-15(17)3-5-19(18)20(21)14-22(10-11-22)23(21)8-2-12-26-23/h2,8,13,16-20H,3-7,9-12,14H2,1H3/t16?,17?,18?,19?,20?,21-,23+/m0/s1. The summed E-state index contributed by atoms with van der Waals surface area (Å²) in [6, 6.07) is -0.0480. The monoisotopic (exact) mass is 353 g/mol. The van der Waals surface area contributed by atoms with Gasteiger partial charge in [0.25, 0.3) is 0 Å². The van der Waals surface area contributed by atoms with Crippen molar-refractivity contribution in [1.82, 2.24) is 0 Å². The molecule has 7 atom stereocenters. The lowest BCUT2D eigenvalue weighted by atomic mass is 9.50. The van der Waals surface area contributed by atoms with Crippen molar-refractivity contribution in [3.63, 3.8) is 0 Å². The highest BCUT2D eigenvalue weighted by Gasteiger charge is 2.76. The number of hydrogen-bond acceptors (Lipinski definition) is 3. The van der Waals surface area contributed by atoms with Crippen molar-refractivity contribution in [3.8, 4) is 0 Å². The van der Waals surface area contributed by atoms with E-state index in [1.54, 1.807) is 5.57 Å². The summed E-state index contributed by atoms with van der Waals surface area (Å²) in [5.74, 6) is 3.28. The van der Waals surface area contributed by atoms with Crippen LogP contribution < -0.4 is 0 Å². The first-order valence-corrected chi connectivity index (χ1v) is 11.0. The maximum absolute atomic E-state index is 11.0. The highest BCUT2D eigenvalue weighted by molar-refractivity contribution is 5.34. The lowest BCUT2D eigenvalue weighted by Crippen LogP contribution is -2.54. The summed E-state index contributed by atoms with van der Waals surface area (Å²) in [6.45, 7) is 3.41. The molecule has 4 saturated carbocycles. The van der Waals surface area contributed by atoms with Gasteiger partial charge < -0.3 is 4.74 Å². The fourth-order valence-electron chi connectivity index (χ4n) is 8.59. The molecule has 0 N–H and O–H groups in total. The van der Waals surface area contributed by atoms with E-state index in [0.29, 0.717) is 10.8 Å². The first-order valence-electron chi connectivity index (χ1n) is 11.0. The van der Waals surface area contributed by atoms with Crippen LogP contribution in [0, 0.1) is 39.4 Å². The summed E-state index contributed by atoms with van der Waals surface area (Å²) < 4.78 is 6.60. The Kier molecular flexibility index (Phi) is 3.14. The zero-order valence-electron chi connectivity index (χ0n) is 16.0. The topological polar surface area (TPSA) is 38.7 Å². The Bertz CT molecular complexity index is 707. The van der Waals surface area contributed by atoms with Crippen LogP contribution in [-0.4, -0.2) is 18.2 Å². The zero-order valence-corrected chi connectivity index (χ0v) is 16.0. The second kappa shape index (κ2) is 5.10. The molecule has 0 saturated heterocycles. The number of hydrogen-bond donors (Lipinski definition) is 0. The van der Waals surface area contributed by atoms with Gasteiger partial charge in [-0.2, -0.15) is 4.91 Å². The van der Waals surface area contributed by atoms with E-state index in [9.17, 15) is 4.91 Å².